The summed E-state index contributed by atoms with van der Waals surface area (Å²) in [6, 6.07) is 0. The SMILES string of the molecule is CCCCC(CC)CN1C(=O)C=C2C1=CC(=O)N2CC(CC)CCCC. The van der Waals surface area contributed by atoms with E-state index in [1.807, 2.05) is 9.80 Å². The van der Waals surface area contributed by atoms with Crippen LogP contribution >= 0.6 is 0 Å². The third-order valence-electron chi connectivity index (χ3n) is 5.86. The molecule has 0 bridgehead atoms. The van der Waals surface area contributed by atoms with Gasteiger partial charge in [0.1, 0.15) is 0 Å². The third kappa shape index (κ3) is 4.77. The van der Waals surface area contributed by atoms with E-state index in [1.165, 1.54) is 25.7 Å². The lowest BCUT2D eigenvalue weighted by atomic mass is 9.98. The van der Waals surface area contributed by atoms with Crippen LogP contribution in [0.3, 0.4) is 0 Å². The molecule has 4 heteroatoms. The fourth-order valence-electron chi connectivity index (χ4n) is 3.94. The van der Waals surface area contributed by atoms with Crippen molar-refractivity contribution < 1.29 is 9.59 Å². The molecule has 146 valence electrons. The summed E-state index contributed by atoms with van der Waals surface area (Å²) in [6.45, 7) is 10.2. The molecule has 2 amide bonds. The van der Waals surface area contributed by atoms with Gasteiger partial charge < -0.3 is 9.80 Å². The predicted molar refractivity (Wildman–Crippen MR) is 106 cm³/mol. The van der Waals surface area contributed by atoms with Gasteiger partial charge in [-0.15, -0.1) is 0 Å². The van der Waals surface area contributed by atoms with Crippen molar-refractivity contribution in [3.63, 3.8) is 0 Å². The second-order valence-electron chi connectivity index (χ2n) is 7.79. The van der Waals surface area contributed by atoms with Crippen LogP contribution in [0, 0.1) is 11.8 Å². The minimum atomic E-state index is 0.0419. The molecule has 0 saturated heterocycles. The van der Waals surface area contributed by atoms with E-state index in [4.69, 9.17) is 0 Å². The molecule has 0 aromatic heterocycles. The van der Waals surface area contributed by atoms with Crippen LogP contribution in [0.25, 0.3) is 0 Å². The topological polar surface area (TPSA) is 40.6 Å². The molecule has 2 aliphatic rings. The van der Waals surface area contributed by atoms with Gasteiger partial charge in [-0.2, -0.15) is 0 Å². The van der Waals surface area contributed by atoms with Crippen molar-refractivity contribution >= 4 is 11.8 Å². The van der Waals surface area contributed by atoms with Gasteiger partial charge in [0.15, 0.2) is 0 Å². The molecule has 0 saturated carbocycles. The fourth-order valence-corrected chi connectivity index (χ4v) is 3.94. The number of carbonyl (C=O) groups is 2. The third-order valence-corrected chi connectivity index (χ3v) is 5.86. The Kier molecular flexibility index (Phi) is 7.92. The van der Waals surface area contributed by atoms with Crippen molar-refractivity contribution in [2.45, 2.75) is 79.1 Å². The van der Waals surface area contributed by atoms with Crippen LogP contribution < -0.4 is 0 Å². The summed E-state index contributed by atoms with van der Waals surface area (Å²) in [4.78, 5) is 28.8. The Morgan fingerprint density at radius 3 is 1.42 bits per heavy atom. The molecule has 0 N–H and O–H groups in total. The molecule has 26 heavy (non-hydrogen) atoms. The van der Waals surface area contributed by atoms with Crippen LogP contribution in [0.5, 0.6) is 0 Å². The Labute approximate surface area is 159 Å². The lowest BCUT2D eigenvalue weighted by Gasteiger charge is -2.26. The van der Waals surface area contributed by atoms with Gasteiger partial charge >= 0.3 is 0 Å². The lowest BCUT2D eigenvalue weighted by molar-refractivity contribution is -0.124. The van der Waals surface area contributed by atoms with Crippen molar-refractivity contribution in [1.29, 1.82) is 0 Å². The number of hydrogen-bond acceptors (Lipinski definition) is 2. The molecule has 4 nitrogen and oxygen atoms in total. The van der Waals surface area contributed by atoms with E-state index in [0.717, 1.165) is 50.2 Å². The van der Waals surface area contributed by atoms with E-state index in [0.29, 0.717) is 11.8 Å². The lowest BCUT2D eigenvalue weighted by Crippen LogP contribution is -2.31. The number of hydrogen-bond donors (Lipinski definition) is 0. The molecule has 2 unspecified atom stereocenters. The first-order valence-corrected chi connectivity index (χ1v) is 10.6. The maximum atomic E-state index is 12.6. The predicted octanol–water partition coefficient (Wildman–Crippen LogP) is 4.87. The zero-order valence-corrected chi connectivity index (χ0v) is 17.1. The van der Waals surface area contributed by atoms with Crippen molar-refractivity contribution in [1.82, 2.24) is 9.80 Å². The first kappa shape index (κ1) is 20.7. The summed E-state index contributed by atoms with van der Waals surface area (Å²) >= 11 is 0. The van der Waals surface area contributed by atoms with Gasteiger partial charge in [-0.1, -0.05) is 66.2 Å². The summed E-state index contributed by atoms with van der Waals surface area (Å²) in [5.41, 5.74) is 1.67. The smallest absolute Gasteiger partial charge is 0.253 e. The zero-order valence-electron chi connectivity index (χ0n) is 17.1. The monoisotopic (exact) mass is 360 g/mol. The van der Waals surface area contributed by atoms with Crippen LogP contribution in [0.4, 0.5) is 0 Å². The number of nitrogens with zero attached hydrogens (tertiary/aromatic N) is 2. The van der Waals surface area contributed by atoms with Gasteiger partial charge in [0.25, 0.3) is 11.8 Å². The molecule has 2 rings (SSSR count). The van der Waals surface area contributed by atoms with Gasteiger partial charge in [-0.25, -0.2) is 0 Å². The quantitative estimate of drug-likeness (QED) is 0.498. The highest BCUT2D eigenvalue weighted by atomic mass is 16.2. The minimum Gasteiger partial charge on any atom is -0.306 e. The van der Waals surface area contributed by atoms with Gasteiger partial charge in [0, 0.05) is 25.2 Å². The van der Waals surface area contributed by atoms with Crippen molar-refractivity contribution in [3.8, 4) is 0 Å². The Morgan fingerprint density at radius 2 is 1.12 bits per heavy atom. The first-order chi connectivity index (χ1) is 12.5. The van der Waals surface area contributed by atoms with E-state index >= 15 is 0 Å². The average molecular weight is 361 g/mol. The van der Waals surface area contributed by atoms with Crippen LogP contribution in [0.15, 0.2) is 23.5 Å². The van der Waals surface area contributed by atoms with Crippen LogP contribution in [-0.4, -0.2) is 34.7 Å². The van der Waals surface area contributed by atoms with Gasteiger partial charge in [-0.3, -0.25) is 9.59 Å². The van der Waals surface area contributed by atoms with E-state index < -0.39 is 0 Å². The molecular weight excluding hydrogens is 324 g/mol. The second-order valence-corrected chi connectivity index (χ2v) is 7.79. The van der Waals surface area contributed by atoms with Gasteiger partial charge in [0.2, 0.25) is 0 Å². The summed E-state index contributed by atoms with van der Waals surface area (Å²) < 4.78 is 0. The van der Waals surface area contributed by atoms with Crippen molar-refractivity contribution in [2.75, 3.05) is 13.1 Å². The minimum absolute atomic E-state index is 0.0419. The molecule has 2 atom stereocenters. The molecule has 0 spiro atoms. The van der Waals surface area contributed by atoms with E-state index in [9.17, 15) is 9.59 Å². The van der Waals surface area contributed by atoms with E-state index in [2.05, 4.69) is 27.7 Å². The highest BCUT2D eigenvalue weighted by Crippen LogP contribution is 2.34. The molecule has 0 aliphatic carbocycles. The number of rotatable bonds is 12. The zero-order chi connectivity index (χ0) is 19.1. The highest BCUT2D eigenvalue weighted by Gasteiger charge is 2.39. The van der Waals surface area contributed by atoms with E-state index in [1.54, 1.807) is 12.2 Å². The van der Waals surface area contributed by atoms with Crippen LogP contribution in [0.2, 0.25) is 0 Å². The summed E-state index contributed by atoms with van der Waals surface area (Å²) in [5, 5.41) is 0. The first-order valence-electron chi connectivity index (χ1n) is 10.6. The number of amides is 2. The largest absolute Gasteiger partial charge is 0.306 e. The fraction of sp³-hybridized carbons (Fsp3) is 0.727. The average Bonchev–Trinajstić information content (AvgIpc) is 3.09. The number of fused-ring (bicyclic) bond motifs is 1. The second kappa shape index (κ2) is 9.94. The Bertz CT molecular complexity index is 514. The molecule has 0 aromatic rings. The number of unbranched alkanes of at least 4 members (excludes halogenated alkanes) is 2. The Hall–Kier alpha value is -1.58. The molecule has 0 radical (unpaired) electrons. The molecule has 2 heterocycles. The molecular formula is C22H36N2O2. The van der Waals surface area contributed by atoms with Crippen LogP contribution in [0.1, 0.15) is 79.1 Å². The summed E-state index contributed by atoms with van der Waals surface area (Å²) in [7, 11) is 0. The summed E-state index contributed by atoms with van der Waals surface area (Å²) in [5.74, 6) is 1.09. The number of carbonyl (C=O) groups excluding carboxylic acids is 2. The highest BCUT2D eigenvalue weighted by molar-refractivity contribution is 6.03. The van der Waals surface area contributed by atoms with Gasteiger partial charge in [-0.05, 0) is 24.7 Å². The normalized spacial score (nSPS) is 18.9. The molecule has 2 aliphatic heterocycles. The van der Waals surface area contributed by atoms with Gasteiger partial charge in [0.05, 0.1) is 11.4 Å². The molecule has 0 aromatic carbocycles. The Balaban J connectivity index is 2.05. The van der Waals surface area contributed by atoms with Crippen LogP contribution in [-0.2, 0) is 9.59 Å². The molecule has 0 fully saturated rings. The summed E-state index contributed by atoms with van der Waals surface area (Å²) in [6.07, 6.45) is 12.5. The standard InChI is InChI=1S/C22H36N2O2/c1-5-9-11-17(7-3)15-23-19-13-22(26)24(20(19)14-21(23)25)16-18(8-4)12-10-6-2/h13-14,17-18H,5-12,15-16H2,1-4H3. The maximum Gasteiger partial charge on any atom is 0.253 e. The van der Waals surface area contributed by atoms with E-state index in [-0.39, 0.29) is 11.8 Å². The maximum absolute atomic E-state index is 12.6. The van der Waals surface area contributed by atoms with Crippen molar-refractivity contribution in [2.24, 2.45) is 11.8 Å². The Morgan fingerprint density at radius 1 is 0.731 bits per heavy atom. The van der Waals surface area contributed by atoms with Crippen molar-refractivity contribution in [3.05, 3.63) is 23.5 Å².